The van der Waals surface area contributed by atoms with Crippen molar-refractivity contribution in [3.05, 3.63) is 69.2 Å². The number of Topliss-reactive ketones (excluding diaryl/α,β-unsaturated/α-hetero) is 1. The topological polar surface area (TPSA) is 40.9 Å². The fourth-order valence-electron chi connectivity index (χ4n) is 1.76. The quantitative estimate of drug-likeness (QED) is 0.770. The second-order valence-electron chi connectivity index (χ2n) is 3.95. The van der Waals surface area contributed by atoms with E-state index in [1.54, 1.807) is 36.4 Å². The molecule has 0 aliphatic rings. The van der Waals surface area contributed by atoms with Crippen LogP contribution in [0, 0.1) is 11.3 Å². The normalized spacial score (nSPS) is 11.6. The largest absolute Gasteiger partial charge is 0.292 e. The number of nitrogens with zero attached hydrogens (tertiary/aromatic N) is 1. The third-order valence-electron chi connectivity index (χ3n) is 2.74. The minimum atomic E-state index is -0.822. The van der Waals surface area contributed by atoms with E-state index in [-0.39, 0.29) is 5.78 Å². The number of benzene rings is 2. The first-order chi connectivity index (χ1) is 9.13. The summed E-state index contributed by atoms with van der Waals surface area (Å²) in [5.41, 5.74) is 1.15. The Balaban J connectivity index is 2.38. The summed E-state index contributed by atoms with van der Waals surface area (Å²) in [6.45, 7) is 0. The number of ketones is 1. The van der Waals surface area contributed by atoms with Crippen molar-refractivity contribution in [1.82, 2.24) is 0 Å². The lowest BCUT2D eigenvalue weighted by atomic mass is 9.92. The summed E-state index contributed by atoms with van der Waals surface area (Å²) in [6, 6.07) is 15.8. The van der Waals surface area contributed by atoms with Crippen LogP contribution in [0.3, 0.4) is 0 Å². The molecule has 4 heteroatoms. The van der Waals surface area contributed by atoms with E-state index in [1.165, 1.54) is 0 Å². The Kier molecular flexibility index (Phi) is 4.36. The zero-order chi connectivity index (χ0) is 13.8. The Morgan fingerprint density at radius 3 is 2.37 bits per heavy atom. The highest BCUT2D eigenvalue weighted by Gasteiger charge is 2.23. The van der Waals surface area contributed by atoms with Crippen LogP contribution in [-0.2, 0) is 0 Å². The van der Waals surface area contributed by atoms with Gasteiger partial charge >= 0.3 is 0 Å². The summed E-state index contributed by atoms with van der Waals surface area (Å²) < 4.78 is 0.754. The maximum absolute atomic E-state index is 12.4. The number of carbonyl (C=O) groups is 1. The number of halogens is 2. The molecule has 0 fully saturated rings. The standard InChI is InChI=1S/C15H9BrClNO/c16-14-4-2-1-3-12(14)13(9-18)15(19)10-5-7-11(17)8-6-10/h1-8,13H. The van der Waals surface area contributed by atoms with Crippen LogP contribution in [0.25, 0.3) is 0 Å². The summed E-state index contributed by atoms with van der Waals surface area (Å²) in [5, 5.41) is 9.83. The molecule has 19 heavy (non-hydrogen) atoms. The average molecular weight is 335 g/mol. The lowest BCUT2D eigenvalue weighted by molar-refractivity contribution is 0.0978. The smallest absolute Gasteiger partial charge is 0.184 e. The van der Waals surface area contributed by atoms with Gasteiger partial charge in [-0.25, -0.2) is 0 Å². The first kappa shape index (κ1) is 13.8. The molecule has 0 heterocycles. The maximum atomic E-state index is 12.4. The van der Waals surface area contributed by atoms with Crippen LogP contribution in [0.4, 0.5) is 0 Å². The average Bonchev–Trinajstić information content (AvgIpc) is 2.42. The van der Waals surface area contributed by atoms with Crippen molar-refractivity contribution in [2.75, 3.05) is 0 Å². The Labute approximate surface area is 124 Å². The van der Waals surface area contributed by atoms with E-state index in [2.05, 4.69) is 22.0 Å². The molecule has 2 rings (SSSR count). The molecule has 0 aliphatic carbocycles. The molecule has 0 aliphatic heterocycles. The monoisotopic (exact) mass is 333 g/mol. The van der Waals surface area contributed by atoms with Crippen molar-refractivity contribution in [2.45, 2.75) is 5.92 Å². The van der Waals surface area contributed by atoms with Gasteiger partial charge < -0.3 is 0 Å². The van der Waals surface area contributed by atoms with Gasteiger partial charge in [-0.2, -0.15) is 5.26 Å². The van der Waals surface area contributed by atoms with Crippen molar-refractivity contribution in [3.8, 4) is 6.07 Å². The van der Waals surface area contributed by atoms with Crippen LogP contribution in [0.5, 0.6) is 0 Å². The first-order valence-corrected chi connectivity index (χ1v) is 6.74. The highest BCUT2D eigenvalue weighted by Crippen LogP contribution is 2.27. The molecule has 0 aromatic heterocycles. The van der Waals surface area contributed by atoms with Gasteiger partial charge in [0, 0.05) is 15.1 Å². The van der Waals surface area contributed by atoms with E-state index >= 15 is 0 Å². The molecule has 2 nitrogen and oxygen atoms in total. The van der Waals surface area contributed by atoms with Crippen LogP contribution in [0.15, 0.2) is 53.0 Å². The summed E-state index contributed by atoms with van der Waals surface area (Å²) >= 11 is 9.15. The van der Waals surface area contributed by atoms with E-state index in [0.717, 1.165) is 4.47 Å². The van der Waals surface area contributed by atoms with E-state index in [9.17, 15) is 10.1 Å². The van der Waals surface area contributed by atoms with Gasteiger partial charge in [-0.15, -0.1) is 0 Å². The molecule has 2 aromatic carbocycles. The van der Waals surface area contributed by atoms with Crippen molar-refractivity contribution >= 4 is 33.3 Å². The van der Waals surface area contributed by atoms with E-state index in [4.69, 9.17) is 11.6 Å². The molecular formula is C15H9BrClNO. The van der Waals surface area contributed by atoms with E-state index < -0.39 is 5.92 Å². The van der Waals surface area contributed by atoms with Gasteiger partial charge in [0.15, 0.2) is 5.78 Å². The van der Waals surface area contributed by atoms with Gasteiger partial charge in [0.05, 0.1) is 6.07 Å². The summed E-state index contributed by atoms with van der Waals surface area (Å²) in [4.78, 5) is 12.4. The fraction of sp³-hybridized carbons (Fsp3) is 0.0667. The van der Waals surface area contributed by atoms with Gasteiger partial charge in [0.1, 0.15) is 5.92 Å². The predicted molar refractivity (Wildman–Crippen MR) is 78.3 cm³/mol. The Bertz CT molecular complexity index is 646. The number of nitriles is 1. The molecule has 2 aromatic rings. The minimum absolute atomic E-state index is 0.230. The van der Waals surface area contributed by atoms with Crippen LogP contribution in [0.2, 0.25) is 5.02 Å². The lowest BCUT2D eigenvalue weighted by Crippen LogP contribution is -2.11. The maximum Gasteiger partial charge on any atom is 0.184 e. The molecule has 0 saturated heterocycles. The van der Waals surface area contributed by atoms with Crippen LogP contribution < -0.4 is 0 Å². The molecule has 0 spiro atoms. The molecule has 0 saturated carbocycles. The van der Waals surface area contributed by atoms with Gasteiger partial charge in [0.2, 0.25) is 0 Å². The number of carbonyl (C=O) groups excluding carboxylic acids is 1. The zero-order valence-corrected chi connectivity index (χ0v) is 12.1. The highest BCUT2D eigenvalue weighted by molar-refractivity contribution is 9.10. The third kappa shape index (κ3) is 3.04. The van der Waals surface area contributed by atoms with E-state index in [1.807, 2.05) is 12.1 Å². The fourth-order valence-corrected chi connectivity index (χ4v) is 2.40. The Morgan fingerprint density at radius 1 is 1.16 bits per heavy atom. The minimum Gasteiger partial charge on any atom is -0.292 e. The zero-order valence-electron chi connectivity index (χ0n) is 9.81. The molecule has 0 N–H and O–H groups in total. The molecule has 94 valence electrons. The van der Waals surface area contributed by atoms with E-state index in [0.29, 0.717) is 16.1 Å². The van der Waals surface area contributed by atoms with Gasteiger partial charge in [-0.1, -0.05) is 45.7 Å². The Morgan fingerprint density at radius 2 is 1.79 bits per heavy atom. The van der Waals surface area contributed by atoms with Gasteiger partial charge in [-0.05, 0) is 35.9 Å². The predicted octanol–water partition coefficient (Wildman–Crippen LogP) is 4.59. The summed E-state index contributed by atoms with van der Waals surface area (Å²) in [5.74, 6) is -1.05. The third-order valence-corrected chi connectivity index (χ3v) is 3.71. The SMILES string of the molecule is N#CC(C(=O)c1ccc(Cl)cc1)c1ccccc1Br. The first-order valence-electron chi connectivity index (χ1n) is 5.57. The Hall–Kier alpha value is -1.63. The number of hydrogen-bond acceptors (Lipinski definition) is 2. The van der Waals surface area contributed by atoms with Crippen LogP contribution >= 0.6 is 27.5 Å². The van der Waals surface area contributed by atoms with Crippen molar-refractivity contribution in [2.24, 2.45) is 0 Å². The second kappa shape index (κ2) is 6.01. The summed E-state index contributed by atoms with van der Waals surface area (Å²) in [6.07, 6.45) is 0. The van der Waals surface area contributed by atoms with Crippen molar-refractivity contribution < 1.29 is 4.79 Å². The number of rotatable bonds is 3. The van der Waals surface area contributed by atoms with Gasteiger partial charge in [0.25, 0.3) is 0 Å². The lowest BCUT2D eigenvalue weighted by Gasteiger charge is -2.10. The molecule has 0 amide bonds. The van der Waals surface area contributed by atoms with Crippen LogP contribution in [-0.4, -0.2) is 5.78 Å². The molecular weight excluding hydrogens is 326 g/mol. The molecule has 1 unspecified atom stereocenters. The molecule has 0 bridgehead atoms. The molecule has 0 radical (unpaired) electrons. The van der Waals surface area contributed by atoms with Gasteiger partial charge in [-0.3, -0.25) is 4.79 Å². The molecule has 1 atom stereocenters. The van der Waals surface area contributed by atoms with Crippen LogP contribution in [0.1, 0.15) is 21.8 Å². The number of hydrogen-bond donors (Lipinski definition) is 0. The summed E-state index contributed by atoms with van der Waals surface area (Å²) in [7, 11) is 0. The van der Waals surface area contributed by atoms with Crippen molar-refractivity contribution in [1.29, 1.82) is 5.26 Å². The second-order valence-corrected chi connectivity index (χ2v) is 5.25. The van der Waals surface area contributed by atoms with Crippen molar-refractivity contribution in [3.63, 3.8) is 0 Å². The highest BCUT2D eigenvalue weighted by atomic mass is 79.9.